The number of aromatic nitrogens is 3. The highest BCUT2D eigenvalue weighted by molar-refractivity contribution is 6.23. The van der Waals surface area contributed by atoms with Crippen LogP contribution in [-0.4, -0.2) is 102 Å². The van der Waals surface area contributed by atoms with Gasteiger partial charge in [0.1, 0.15) is 12.1 Å². The third-order valence-electron chi connectivity index (χ3n) is 11.7. The van der Waals surface area contributed by atoms with Gasteiger partial charge in [-0.05, 0) is 67.1 Å². The van der Waals surface area contributed by atoms with Gasteiger partial charge >= 0.3 is 0 Å². The third-order valence-corrected chi connectivity index (χ3v) is 11.7. The van der Waals surface area contributed by atoms with Gasteiger partial charge in [0.15, 0.2) is 0 Å². The highest BCUT2D eigenvalue weighted by atomic mass is 16.6. The molecule has 4 aliphatic rings. The molecule has 6 heterocycles. The summed E-state index contributed by atoms with van der Waals surface area (Å²) in [6.07, 6.45) is 9.40. The van der Waals surface area contributed by atoms with E-state index in [0.717, 1.165) is 70.5 Å². The summed E-state index contributed by atoms with van der Waals surface area (Å²) in [6, 6.07) is 17.1. The van der Waals surface area contributed by atoms with Gasteiger partial charge < -0.3 is 33.7 Å². The smallest absolute Gasteiger partial charge is 0.262 e. The first-order valence-electron chi connectivity index (χ1n) is 19.8. The molecule has 3 aromatic heterocycles. The van der Waals surface area contributed by atoms with E-state index in [-0.39, 0.29) is 18.1 Å². The lowest BCUT2D eigenvalue weighted by Gasteiger charge is -2.41. The molecule has 9 rings (SSSR count). The van der Waals surface area contributed by atoms with E-state index >= 15 is 0 Å². The van der Waals surface area contributed by atoms with Crippen LogP contribution in [0.15, 0.2) is 85.5 Å². The van der Waals surface area contributed by atoms with E-state index in [9.17, 15) is 14.4 Å². The molecule has 3 fully saturated rings. The van der Waals surface area contributed by atoms with Crippen LogP contribution in [0.4, 0.5) is 5.69 Å². The molecule has 57 heavy (non-hydrogen) atoms. The Balaban J connectivity index is 0.618. The molecular weight excluding hydrogens is 725 g/mol. The number of allylic oxidation sites excluding steroid dienone is 1. The van der Waals surface area contributed by atoms with Gasteiger partial charge in [0.05, 0.1) is 49.2 Å². The summed E-state index contributed by atoms with van der Waals surface area (Å²) in [5.74, 6) is -0.0703. The largest absolute Gasteiger partial charge is 0.474 e. The molecule has 2 aromatic carbocycles. The van der Waals surface area contributed by atoms with Crippen molar-refractivity contribution in [3.63, 3.8) is 0 Å². The molecule has 3 amide bonds. The van der Waals surface area contributed by atoms with Crippen molar-refractivity contribution in [2.24, 2.45) is 13.0 Å². The van der Waals surface area contributed by atoms with E-state index in [2.05, 4.69) is 62.6 Å². The Morgan fingerprint density at radius 3 is 2.40 bits per heavy atom. The van der Waals surface area contributed by atoms with Crippen molar-refractivity contribution in [2.45, 2.75) is 50.4 Å². The number of amides is 3. The molecule has 5 aromatic rings. The summed E-state index contributed by atoms with van der Waals surface area (Å²) < 4.78 is 25.8. The van der Waals surface area contributed by atoms with Crippen molar-refractivity contribution in [1.29, 1.82) is 0 Å². The zero-order valence-electron chi connectivity index (χ0n) is 32.0. The van der Waals surface area contributed by atoms with Crippen molar-refractivity contribution in [1.82, 2.24) is 24.8 Å². The van der Waals surface area contributed by atoms with E-state index in [4.69, 9.17) is 18.9 Å². The van der Waals surface area contributed by atoms with Crippen molar-refractivity contribution < 1.29 is 33.3 Å². The second-order valence-electron chi connectivity index (χ2n) is 15.4. The van der Waals surface area contributed by atoms with Gasteiger partial charge in [0.2, 0.25) is 11.8 Å². The second-order valence-corrected chi connectivity index (χ2v) is 15.4. The summed E-state index contributed by atoms with van der Waals surface area (Å²) >= 11 is 0. The molecule has 13 heteroatoms. The lowest BCUT2D eigenvalue weighted by Crippen LogP contribution is -2.51. The fraction of sp³-hybridized carbons (Fsp3) is 0.386. The molecule has 0 radical (unpaired) electrons. The number of anilines is 1. The summed E-state index contributed by atoms with van der Waals surface area (Å²) in [6.45, 7) is 8.24. The molecule has 1 N–H and O–H groups in total. The molecular formula is C44H46N6O7. The highest BCUT2D eigenvalue weighted by Gasteiger charge is 2.44. The average Bonchev–Trinajstić information content (AvgIpc) is 3.61. The Hall–Kier alpha value is -5.63. The van der Waals surface area contributed by atoms with Crippen LogP contribution in [0, 0.1) is 5.92 Å². The summed E-state index contributed by atoms with van der Waals surface area (Å²) in [5, 5.41) is 5.01. The molecule has 3 aliphatic heterocycles. The second kappa shape index (κ2) is 15.7. The maximum absolute atomic E-state index is 13.2. The maximum Gasteiger partial charge on any atom is 0.262 e. The van der Waals surface area contributed by atoms with E-state index in [1.54, 1.807) is 12.1 Å². The van der Waals surface area contributed by atoms with Crippen LogP contribution in [0.5, 0.6) is 5.88 Å². The topological polar surface area (TPSA) is 137 Å². The summed E-state index contributed by atoms with van der Waals surface area (Å²) in [4.78, 5) is 50.9. The number of piperidine rings is 1. The van der Waals surface area contributed by atoms with E-state index in [0.29, 0.717) is 74.5 Å². The number of fused-ring (bicyclic) bond motifs is 4. The van der Waals surface area contributed by atoms with E-state index in [1.165, 1.54) is 5.39 Å². The van der Waals surface area contributed by atoms with E-state index < -0.39 is 17.9 Å². The number of carbonyl (C=O) groups is 3. The van der Waals surface area contributed by atoms with Crippen LogP contribution >= 0.6 is 0 Å². The Morgan fingerprint density at radius 1 is 0.807 bits per heavy atom. The number of aryl methyl sites for hydroxylation is 1. The predicted octanol–water partition coefficient (Wildman–Crippen LogP) is 5.66. The first-order chi connectivity index (χ1) is 27.8. The van der Waals surface area contributed by atoms with Crippen molar-refractivity contribution in [2.75, 3.05) is 51.0 Å². The lowest BCUT2D eigenvalue weighted by molar-refractivity contribution is -0.125. The zero-order chi connectivity index (χ0) is 39.0. The fourth-order valence-electron chi connectivity index (χ4n) is 8.32. The van der Waals surface area contributed by atoms with Crippen LogP contribution in [0.3, 0.4) is 0 Å². The van der Waals surface area contributed by atoms with Crippen LogP contribution in [-0.2, 0) is 26.1 Å². The number of ether oxygens (including phenoxy) is 4. The molecule has 1 atom stereocenters. The number of imide groups is 1. The fourth-order valence-corrected chi connectivity index (χ4v) is 8.32. The van der Waals surface area contributed by atoms with Crippen LogP contribution < -0.4 is 15.0 Å². The third kappa shape index (κ3) is 7.38. The number of carbonyl (C=O) groups excluding carboxylic acids is 3. The Labute approximate surface area is 330 Å². The minimum absolute atomic E-state index is 0.0965. The first kappa shape index (κ1) is 37.0. The Kier molecular flexibility index (Phi) is 10.2. The molecule has 1 saturated carbocycles. The standard InChI is InChI=1S/C44H46N6O7/c1-27-3-9-39(42(51)47-27)50-43(52)35-8-6-31(20-36(35)44(50)53)49-25-28(26-49)12-14-54-15-16-55-17-18-56-32-21-33(22-32)57-41-10-5-30(23-46-41)29-4-7-34-37-24-45-13-11-38(37)48(2)40(34)19-29/h4-8,10-11,13,19-20,23-24,28,32-33,39H,1,3,9,12,14-18,21-22,25-26H2,2H3,(H,47,51). The summed E-state index contributed by atoms with van der Waals surface area (Å²) in [7, 11) is 2.08. The zero-order valence-corrected chi connectivity index (χ0v) is 32.0. The van der Waals surface area contributed by atoms with Gasteiger partial charge in [0.25, 0.3) is 11.8 Å². The van der Waals surface area contributed by atoms with Crippen molar-refractivity contribution in [3.8, 4) is 17.0 Å². The molecule has 0 spiro atoms. The van der Waals surface area contributed by atoms with Crippen molar-refractivity contribution >= 4 is 45.2 Å². The number of benzene rings is 2. The number of hydrogen-bond acceptors (Lipinski definition) is 10. The normalized spacial score (nSPS) is 20.9. The van der Waals surface area contributed by atoms with Crippen molar-refractivity contribution in [3.05, 3.63) is 96.6 Å². The van der Waals surface area contributed by atoms with Gasteiger partial charge in [0, 0.05) is 97.5 Å². The maximum atomic E-state index is 13.2. The molecule has 294 valence electrons. The predicted molar refractivity (Wildman–Crippen MR) is 214 cm³/mol. The van der Waals surface area contributed by atoms with Gasteiger partial charge in [-0.15, -0.1) is 0 Å². The summed E-state index contributed by atoms with van der Waals surface area (Å²) in [5.41, 5.74) is 6.70. The number of pyridine rings is 2. The monoisotopic (exact) mass is 770 g/mol. The quantitative estimate of drug-likeness (QED) is 0.105. The number of rotatable bonds is 15. The van der Waals surface area contributed by atoms with Gasteiger partial charge in [-0.25, -0.2) is 4.98 Å². The van der Waals surface area contributed by atoms with Gasteiger partial charge in [-0.3, -0.25) is 24.3 Å². The molecule has 1 unspecified atom stereocenters. The van der Waals surface area contributed by atoms with Crippen LogP contribution in [0.1, 0.15) is 52.8 Å². The van der Waals surface area contributed by atoms with Crippen LogP contribution in [0.2, 0.25) is 0 Å². The number of nitrogens with one attached hydrogen (secondary N) is 1. The highest BCUT2D eigenvalue weighted by Crippen LogP contribution is 2.35. The van der Waals surface area contributed by atoms with Gasteiger partial charge in [-0.1, -0.05) is 18.7 Å². The van der Waals surface area contributed by atoms with Crippen LogP contribution in [0.25, 0.3) is 32.9 Å². The lowest BCUT2D eigenvalue weighted by atomic mass is 9.92. The molecule has 0 bridgehead atoms. The van der Waals surface area contributed by atoms with E-state index in [1.807, 2.05) is 36.8 Å². The number of hydrogen-bond donors (Lipinski definition) is 1. The van der Waals surface area contributed by atoms with Gasteiger partial charge in [-0.2, -0.15) is 0 Å². The molecule has 2 saturated heterocycles. The minimum atomic E-state index is -0.807. The Bertz CT molecular complexity index is 2350. The Morgan fingerprint density at radius 2 is 1.60 bits per heavy atom. The SMILES string of the molecule is C=C1CCC(N2C(=O)c3ccc(N4CC(CCOCCOCCOC5CC(Oc6ccc(-c7ccc8c9cnccc9n(C)c8c7)cn6)C5)C4)cc3C2=O)C(=O)N1. The minimum Gasteiger partial charge on any atom is -0.474 e. The molecule has 1 aliphatic carbocycles. The molecule has 13 nitrogen and oxygen atoms in total. The first-order valence-corrected chi connectivity index (χ1v) is 19.8. The number of nitrogens with zero attached hydrogens (tertiary/aromatic N) is 5. The average molecular weight is 771 g/mol.